The zero-order valence-electron chi connectivity index (χ0n) is 19.3. The summed E-state index contributed by atoms with van der Waals surface area (Å²) in [7, 11) is 1.67. The van der Waals surface area contributed by atoms with Gasteiger partial charge in [0.05, 0.1) is 17.3 Å². The Labute approximate surface area is 192 Å². The van der Waals surface area contributed by atoms with Gasteiger partial charge in [0.1, 0.15) is 5.56 Å². The van der Waals surface area contributed by atoms with Crippen LogP contribution in [0.4, 0.5) is 5.69 Å². The van der Waals surface area contributed by atoms with Crippen molar-refractivity contribution in [3.63, 3.8) is 0 Å². The number of benzene rings is 1. The highest BCUT2D eigenvalue weighted by atomic mass is 16.2. The number of carbonyl (C=O) groups excluding carboxylic acids is 2. The third-order valence-corrected chi connectivity index (χ3v) is 6.17. The SMILES string of the molecule is Cc1cc(C)n(C)c(=O)c1C(=O)N1CCCC1c1ncc(C(=O)Nc2ccccc2)c(C)n1. The van der Waals surface area contributed by atoms with E-state index in [2.05, 4.69) is 15.3 Å². The quantitative estimate of drug-likeness (QED) is 0.664. The summed E-state index contributed by atoms with van der Waals surface area (Å²) in [6.45, 7) is 5.91. The molecule has 2 aromatic heterocycles. The van der Waals surface area contributed by atoms with E-state index in [-0.39, 0.29) is 29.0 Å². The van der Waals surface area contributed by atoms with Crippen molar-refractivity contribution >= 4 is 17.5 Å². The van der Waals surface area contributed by atoms with Gasteiger partial charge in [0.25, 0.3) is 17.4 Å². The molecule has 0 radical (unpaired) electrons. The lowest BCUT2D eigenvalue weighted by atomic mass is 10.1. The van der Waals surface area contributed by atoms with E-state index in [4.69, 9.17) is 0 Å². The molecule has 4 rings (SSSR count). The van der Waals surface area contributed by atoms with Crippen molar-refractivity contribution in [2.24, 2.45) is 7.05 Å². The molecule has 0 aliphatic carbocycles. The first-order valence-electron chi connectivity index (χ1n) is 11.0. The number of nitrogens with one attached hydrogen (secondary N) is 1. The van der Waals surface area contributed by atoms with Gasteiger partial charge in [-0.1, -0.05) is 18.2 Å². The molecule has 1 atom stereocenters. The molecule has 1 unspecified atom stereocenters. The van der Waals surface area contributed by atoms with E-state index in [1.807, 2.05) is 43.3 Å². The summed E-state index contributed by atoms with van der Waals surface area (Å²) in [4.78, 5) is 49.6. The lowest BCUT2D eigenvalue weighted by Gasteiger charge is -2.25. The maximum Gasteiger partial charge on any atom is 0.263 e. The fraction of sp³-hybridized carbons (Fsp3) is 0.320. The van der Waals surface area contributed by atoms with Crippen LogP contribution in [-0.2, 0) is 7.05 Å². The molecule has 1 fully saturated rings. The van der Waals surface area contributed by atoms with E-state index in [9.17, 15) is 14.4 Å². The van der Waals surface area contributed by atoms with Crippen LogP contribution in [-0.4, -0.2) is 37.8 Å². The molecule has 1 aliphatic heterocycles. The molecular formula is C25H27N5O3. The van der Waals surface area contributed by atoms with Crippen LogP contribution in [0.15, 0.2) is 47.4 Å². The van der Waals surface area contributed by atoms with E-state index < -0.39 is 0 Å². The molecule has 8 heteroatoms. The standard InChI is InChI=1S/C25H27N5O3/c1-15-13-16(2)29(4)24(32)21(15)25(33)30-12-8-11-20(30)22-26-14-19(17(3)27-22)23(31)28-18-9-6-5-7-10-18/h5-7,9-10,13-14,20H,8,11-12H2,1-4H3,(H,28,31). The highest BCUT2D eigenvalue weighted by Gasteiger charge is 2.35. The number of hydrogen-bond donors (Lipinski definition) is 1. The highest BCUT2D eigenvalue weighted by Crippen LogP contribution is 2.31. The molecule has 1 aromatic carbocycles. The Morgan fingerprint density at radius 1 is 1.12 bits per heavy atom. The van der Waals surface area contributed by atoms with Crippen molar-refractivity contribution in [2.45, 2.75) is 39.7 Å². The Bertz CT molecular complexity index is 1280. The monoisotopic (exact) mass is 445 g/mol. The van der Waals surface area contributed by atoms with E-state index in [1.165, 1.54) is 10.8 Å². The van der Waals surface area contributed by atoms with Crippen LogP contribution in [0, 0.1) is 20.8 Å². The predicted octanol–water partition coefficient (Wildman–Crippen LogP) is 3.33. The van der Waals surface area contributed by atoms with Gasteiger partial charge in [-0.05, 0) is 57.4 Å². The number of aryl methyl sites for hydroxylation is 3. The van der Waals surface area contributed by atoms with Gasteiger partial charge < -0.3 is 14.8 Å². The zero-order chi connectivity index (χ0) is 23.7. The van der Waals surface area contributed by atoms with Crippen molar-refractivity contribution < 1.29 is 9.59 Å². The molecule has 2 amide bonds. The number of pyridine rings is 1. The molecular weight excluding hydrogens is 418 g/mol. The number of aromatic nitrogens is 3. The average molecular weight is 446 g/mol. The molecule has 33 heavy (non-hydrogen) atoms. The lowest BCUT2D eigenvalue weighted by molar-refractivity contribution is 0.0726. The van der Waals surface area contributed by atoms with Crippen LogP contribution in [0.25, 0.3) is 0 Å². The van der Waals surface area contributed by atoms with Crippen molar-refractivity contribution in [3.05, 3.63) is 86.9 Å². The number of likely N-dealkylation sites (tertiary alicyclic amines) is 1. The largest absolute Gasteiger partial charge is 0.328 e. The van der Waals surface area contributed by atoms with Crippen molar-refractivity contribution in [1.82, 2.24) is 19.4 Å². The number of hydrogen-bond acceptors (Lipinski definition) is 5. The summed E-state index contributed by atoms with van der Waals surface area (Å²) in [5, 5.41) is 2.84. The Kier molecular flexibility index (Phi) is 6.09. The van der Waals surface area contributed by atoms with Crippen molar-refractivity contribution in [2.75, 3.05) is 11.9 Å². The van der Waals surface area contributed by atoms with Crippen LogP contribution in [0.3, 0.4) is 0 Å². The summed E-state index contributed by atoms with van der Waals surface area (Å²) in [6, 6.07) is 10.7. The summed E-state index contributed by atoms with van der Waals surface area (Å²) >= 11 is 0. The second-order valence-corrected chi connectivity index (χ2v) is 8.41. The van der Waals surface area contributed by atoms with Crippen LogP contribution in [0.5, 0.6) is 0 Å². The van der Waals surface area contributed by atoms with Gasteiger partial charge in [0.2, 0.25) is 0 Å². The molecule has 3 aromatic rings. The molecule has 0 bridgehead atoms. The molecule has 3 heterocycles. The molecule has 1 saturated heterocycles. The molecule has 0 spiro atoms. The van der Waals surface area contributed by atoms with Crippen LogP contribution in [0.1, 0.15) is 62.4 Å². The molecule has 1 N–H and O–H groups in total. The topological polar surface area (TPSA) is 97.2 Å². The fourth-order valence-electron chi connectivity index (χ4n) is 4.25. The summed E-state index contributed by atoms with van der Waals surface area (Å²) in [5.41, 5.74) is 2.95. The minimum Gasteiger partial charge on any atom is -0.328 e. The summed E-state index contributed by atoms with van der Waals surface area (Å²) in [6.07, 6.45) is 3.00. The molecule has 8 nitrogen and oxygen atoms in total. The van der Waals surface area contributed by atoms with Gasteiger partial charge in [0, 0.05) is 31.2 Å². The summed E-state index contributed by atoms with van der Waals surface area (Å²) in [5.74, 6) is -0.109. The van der Waals surface area contributed by atoms with Gasteiger partial charge in [-0.15, -0.1) is 0 Å². The first-order chi connectivity index (χ1) is 15.8. The number of carbonyl (C=O) groups is 2. The molecule has 170 valence electrons. The maximum absolute atomic E-state index is 13.4. The van der Waals surface area contributed by atoms with Gasteiger partial charge in [-0.2, -0.15) is 0 Å². The smallest absolute Gasteiger partial charge is 0.263 e. The van der Waals surface area contributed by atoms with Crippen LogP contribution >= 0.6 is 0 Å². The average Bonchev–Trinajstić information content (AvgIpc) is 3.28. The summed E-state index contributed by atoms with van der Waals surface area (Å²) < 4.78 is 1.49. The van der Waals surface area contributed by atoms with Crippen molar-refractivity contribution in [3.8, 4) is 0 Å². The molecule has 1 aliphatic rings. The van der Waals surface area contributed by atoms with Gasteiger partial charge in [-0.25, -0.2) is 9.97 Å². The second kappa shape index (κ2) is 8.97. The number of amides is 2. The Morgan fingerprint density at radius 2 is 1.85 bits per heavy atom. The van der Waals surface area contributed by atoms with E-state index in [0.717, 1.165) is 12.1 Å². The highest BCUT2D eigenvalue weighted by molar-refractivity contribution is 6.04. The normalized spacial score (nSPS) is 15.5. The fourth-order valence-corrected chi connectivity index (χ4v) is 4.25. The van der Waals surface area contributed by atoms with Gasteiger partial charge in [-0.3, -0.25) is 14.4 Å². The second-order valence-electron chi connectivity index (χ2n) is 8.41. The predicted molar refractivity (Wildman–Crippen MR) is 125 cm³/mol. The van der Waals surface area contributed by atoms with Gasteiger partial charge >= 0.3 is 0 Å². The first kappa shape index (κ1) is 22.4. The van der Waals surface area contributed by atoms with Gasteiger partial charge in [0.15, 0.2) is 5.82 Å². The Morgan fingerprint density at radius 3 is 2.55 bits per heavy atom. The number of anilines is 1. The lowest BCUT2D eigenvalue weighted by Crippen LogP contribution is -2.37. The minimum atomic E-state index is -0.340. The number of para-hydroxylation sites is 1. The number of rotatable bonds is 4. The molecule has 0 saturated carbocycles. The first-order valence-corrected chi connectivity index (χ1v) is 11.0. The van der Waals surface area contributed by atoms with E-state index in [0.29, 0.717) is 41.3 Å². The third-order valence-electron chi connectivity index (χ3n) is 6.17. The Hall–Kier alpha value is -3.81. The third kappa shape index (κ3) is 4.28. The van der Waals surface area contributed by atoms with Crippen molar-refractivity contribution in [1.29, 1.82) is 0 Å². The van der Waals surface area contributed by atoms with Crippen LogP contribution < -0.4 is 10.9 Å². The number of nitrogens with zero attached hydrogens (tertiary/aromatic N) is 4. The van der Waals surface area contributed by atoms with E-state index in [1.54, 1.807) is 25.8 Å². The Balaban J connectivity index is 1.60. The zero-order valence-corrected chi connectivity index (χ0v) is 19.3. The minimum absolute atomic E-state index is 0.186. The maximum atomic E-state index is 13.4. The van der Waals surface area contributed by atoms with Crippen LogP contribution in [0.2, 0.25) is 0 Å². The van der Waals surface area contributed by atoms with E-state index >= 15 is 0 Å².